The molecule has 2 aliphatic rings. The van der Waals surface area contributed by atoms with Gasteiger partial charge in [-0.15, -0.1) is 0 Å². The van der Waals surface area contributed by atoms with Crippen molar-refractivity contribution >= 4 is 0 Å². The van der Waals surface area contributed by atoms with Crippen LogP contribution in [0.5, 0.6) is 5.75 Å². The molecule has 1 aromatic carbocycles. The van der Waals surface area contributed by atoms with Crippen LogP contribution >= 0.6 is 0 Å². The van der Waals surface area contributed by atoms with Gasteiger partial charge in [0.25, 0.3) is 0 Å². The minimum Gasteiger partial charge on any atom is -0.494 e. The van der Waals surface area contributed by atoms with Crippen molar-refractivity contribution in [1.29, 1.82) is 0 Å². The summed E-state index contributed by atoms with van der Waals surface area (Å²) in [6, 6.07) is 6.55. The van der Waals surface area contributed by atoms with Gasteiger partial charge in [-0.3, -0.25) is 0 Å². The largest absolute Gasteiger partial charge is 0.494 e. The molecule has 1 aromatic rings. The Morgan fingerprint density at radius 1 is 1.22 bits per heavy atom. The molecule has 3 rings (SSSR count). The van der Waals surface area contributed by atoms with E-state index in [2.05, 4.69) is 18.2 Å². The Kier molecular flexibility index (Phi) is 3.06. The maximum atomic E-state index is 9.66. The molecule has 2 nitrogen and oxygen atoms in total. The third kappa shape index (κ3) is 2.14. The van der Waals surface area contributed by atoms with Crippen molar-refractivity contribution in [2.45, 2.75) is 51.6 Å². The second kappa shape index (κ2) is 4.58. The van der Waals surface area contributed by atoms with E-state index in [0.717, 1.165) is 25.2 Å². The highest BCUT2D eigenvalue weighted by molar-refractivity contribution is 5.40. The molecule has 98 valence electrons. The van der Waals surface area contributed by atoms with E-state index in [1.807, 2.05) is 6.92 Å². The minimum atomic E-state index is -0.0571. The van der Waals surface area contributed by atoms with E-state index in [-0.39, 0.29) is 6.10 Å². The Bertz CT molecular complexity index is 431. The van der Waals surface area contributed by atoms with Gasteiger partial charge in [-0.1, -0.05) is 6.07 Å². The smallest absolute Gasteiger partial charge is 0.119 e. The van der Waals surface area contributed by atoms with Gasteiger partial charge in [0, 0.05) is 0 Å². The van der Waals surface area contributed by atoms with Gasteiger partial charge in [-0.05, 0) is 74.1 Å². The Balaban J connectivity index is 1.78. The lowest BCUT2D eigenvalue weighted by Crippen LogP contribution is -2.30. The molecular formula is C16H22O2. The molecule has 0 heterocycles. The average molecular weight is 246 g/mol. The molecule has 0 aliphatic heterocycles. The second-order valence-electron chi connectivity index (χ2n) is 5.95. The normalized spacial score (nSPS) is 30.4. The fourth-order valence-electron chi connectivity index (χ4n) is 3.63. The van der Waals surface area contributed by atoms with Gasteiger partial charge in [-0.2, -0.15) is 0 Å². The van der Waals surface area contributed by atoms with Crippen LogP contribution in [0.1, 0.15) is 43.7 Å². The first-order valence-electron chi connectivity index (χ1n) is 7.13. The van der Waals surface area contributed by atoms with Crippen molar-refractivity contribution in [3.05, 3.63) is 29.3 Å². The van der Waals surface area contributed by atoms with Gasteiger partial charge in [0.2, 0.25) is 0 Å². The van der Waals surface area contributed by atoms with Crippen LogP contribution in [0, 0.1) is 5.41 Å². The zero-order valence-electron chi connectivity index (χ0n) is 11.1. The number of aliphatic hydroxyl groups excluding tert-OH is 1. The highest BCUT2D eigenvalue weighted by atomic mass is 16.5. The van der Waals surface area contributed by atoms with Gasteiger partial charge in [0.05, 0.1) is 12.7 Å². The van der Waals surface area contributed by atoms with Crippen molar-refractivity contribution < 1.29 is 9.84 Å². The van der Waals surface area contributed by atoms with Crippen molar-refractivity contribution in [3.63, 3.8) is 0 Å². The zero-order valence-corrected chi connectivity index (χ0v) is 11.1. The molecule has 0 saturated heterocycles. The topological polar surface area (TPSA) is 29.5 Å². The molecule has 0 aromatic heterocycles. The van der Waals surface area contributed by atoms with Gasteiger partial charge >= 0.3 is 0 Å². The molecule has 0 atom stereocenters. The summed E-state index contributed by atoms with van der Waals surface area (Å²) in [7, 11) is 0. The van der Waals surface area contributed by atoms with E-state index in [1.165, 1.54) is 36.8 Å². The van der Waals surface area contributed by atoms with Gasteiger partial charge in [-0.25, -0.2) is 0 Å². The SMILES string of the molecule is CCOc1ccc2c(c1)CC1(CCC(O)CC1)C2. The molecule has 1 saturated carbocycles. The monoisotopic (exact) mass is 246 g/mol. The third-order valence-electron chi connectivity index (χ3n) is 4.64. The van der Waals surface area contributed by atoms with Crippen molar-refractivity contribution in [2.75, 3.05) is 6.61 Å². The van der Waals surface area contributed by atoms with Crippen LogP contribution in [-0.2, 0) is 12.8 Å². The fraction of sp³-hybridized carbons (Fsp3) is 0.625. The Morgan fingerprint density at radius 3 is 2.67 bits per heavy atom. The summed E-state index contributed by atoms with van der Waals surface area (Å²) in [6.07, 6.45) is 6.62. The van der Waals surface area contributed by atoms with Crippen molar-refractivity contribution in [3.8, 4) is 5.75 Å². The van der Waals surface area contributed by atoms with E-state index in [0.29, 0.717) is 5.41 Å². The van der Waals surface area contributed by atoms with Gasteiger partial charge in [0.1, 0.15) is 5.75 Å². The van der Waals surface area contributed by atoms with Crippen LogP contribution in [0.3, 0.4) is 0 Å². The summed E-state index contributed by atoms with van der Waals surface area (Å²) in [6.45, 7) is 2.76. The molecule has 2 aliphatic carbocycles. The quantitative estimate of drug-likeness (QED) is 0.869. The molecule has 2 heteroatoms. The number of ether oxygens (including phenoxy) is 1. The predicted octanol–water partition coefficient (Wildman–Crippen LogP) is 3.11. The van der Waals surface area contributed by atoms with Crippen LogP contribution in [0.15, 0.2) is 18.2 Å². The predicted molar refractivity (Wildman–Crippen MR) is 71.9 cm³/mol. The molecule has 1 N–H and O–H groups in total. The van der Waals surface area contributed by atoms with E-state index in [4.69, 9.17) is 4.74 Å². The Hall–Kier alpha value is -1.02. The highest BCUT2D eigenvalue weighted by Gasteiger charge is 2.39. The van der Waals surface area contributed by atoms with Crippen LogP contribution in [-0.4, -0.2) is 17.8 Å². The average Bonchev–Trinajstić information content (AvgIpc) is 2.71. The maximum Gasteiger partial charge on any atom is 0.119 e. The summed E-state index contributed by atoms with van der Waals surface area (Å²) < 4.78 is 5.58. The molecule has 0 bridgehead atoms. The summed E-state index contributed by atoms with van der Waals surface area (Å²) in [4.78, 5) is 0. The highest BCUT2D eigenvalue weighted by Crippen LogP contribution is 2.47. The minimum absolute atomic E-state index is 0.0571. The van der Waals surface area contributed by atoms with Crippen LogP contribution in [0.2, 0.25) is 0 Å². The molecule has 1 fully saturated rings. The summed E-state index contributed by atoms with van der Waals surface area (Å²) in [5.74, 6) is 1.00. The van der Waals surface area contributed by atoms with E-state index in [1.54, 1.807) is 0 Å². The number of rotatable bonds is 2. The standard InChI is InChI=1S/C16H22O2/c1-2-18-15-4-3-12-10-16(11-13(12)9-15)7-5-14(17)6-8-16/h3-4,9,14,17H,2,5-8,10-11H2,1H3. The lowest BCUT2D eigenvalue weighted by atomic mass is 9.71. The first-order chi connectivity index (χ1) is 8.71. The number of hydrogen-bond acceptors (Lipinski definition) is 2. The fourth-order valence-corrected chi connectivity index (χ4v) is 3.63. The third-order valence-corrected chi connectivity index (χ3v) is 4.64. The van der Waals surface area contributed by atoms with Gasteiger partial charge < -0.3 is 9.84 Å². The van der Waals surface area contributed by atoms with Crippen LogP contribution in [0.25, 0.3) is 0 Å². The second-order valence-corrected chi connectivity index (χ2v) is 5.95. The van der Waals surface area contributed by atoms with Crippen molar-refractivity contribution in [2.24, 2.45) is 5.41 Å². The molecule has 0 amide bonds. The Labute approximate surface area is 109 Å². The van der Waals surface area contributed by atoms with Crippen LogP contribution < -0.4 is 4.74 Å². The molecule has 0 unspecified atom stereocenters. The lowest BCUT2D eigenvalue weighted by Gasteiger charge is -2.35. The van der Waals surface area contributed by atoms with E-state index < -0.39 is 0 Å². The zero-order chi connectivity index (χ0) is 12.6. The number of aliphatic hydroxyl groups is 1. The van der Waals surface area contributed by atoms with Gasteiger partial charge in [0.15, 0.2) is 0 Å². The summed E-state index contributed by atoms with van der Waals surface area (Å²) in [5, 5.41) is 9.66. The van der Waals surface area contributed by atoms with Crippen LogP contribution in [0.4, 0.5) is 0 Å². The molecule has 18 heavy (non-hydrogen) atoms. The molecule has 0 radical (unpaired) electrons. The van der Waals surface area contributed by atoms with E-state index >= 15 is 0 Å². The number of fused-ring (bicyclic) bond motifs is 1. The first-order valence-corrected chi connectivity index (χ1v) is 7.13. The van der Waals surface area contributed by atoms with Crippen molar-refractivity contribution in [1.82, 2.24) is 0 Å². The number of hydrogen-bond donors (Lipinski definition) is 1. The van der Waals surface area contributed by atoms with E-state index in [9.17, 15) is 5.11 Å². The lowest BCUT2D eigenvalue weighted by molar-refractivity contribution is 0.0675. The maximum absolute atomic E-state index is 9.66. The molecule has 1 spiro atoms. The first kappa shape index (κ1) is 12.0. The molecular weight excluding hydrogens is 224 g/mol. The Morgan fingerprint density at radius 2 is 1.94 bits per heavy atom. The summed E-state index contributed by atoms with van der Waals surface area (Å²) in [5.41, 5.74) is 3.40. The summed E-state index contributed by atoms with van der Waals surface area (Å²) >= 11 is 0. The number of benzene rings is 1.